The van der Waals surface area contributed by atoms with Crippen LogP contribution in [0, 0.1) is 0 Å². The monoisotopic (exact) mass is 244 g/mol. The van der Waals surface area contributed by atoms with Gasteiger partial charge < -0.3 is 5.11 Å². The van der Waals surface area contributed by atoms with Crippen LogP contribution < -0.4 is 0 Å². The number of aryl methyl sites for hydroxylation is 1. The third-order valence-electron chi connectivity index (χ3n) is 2.96. The van der Waals surface area contributed by atoms with E-state index in [0.29, 0.717) is 11.6 Å². The summed E-state index contributed by atoms with van der Waals surface area (Å²) in [5, 5.41) is 13.3. The second-order valence-corrected chi connectivity index (χ2v) is 4.59. The number of nitrogens with zero attached hydrogens (tertiary/aromatic N) is 2. The summed E-state index contributed by atoms with van der Waals surface area (Å²) in [6, 6.07) is 9.57. The molecule has 0 unspecified atom stereocenters. The smallest absolute Gasteiger partial charge is 0.354 e. The summed E-state index contributed by atoms with van der Waals surface area (Å²) in [5.41, 5.74) is 3.07. The molecule has 4 nitrogen and oxygen atoms in total. The first kappa shape index (κ1) is 12.4. The molecular formula is C14H16N2O2. The predicted molar refractivity (Wildman–Crippen MR) is 69.7 cm³/mol. The van der Waals surface area contributed by atoms with Gasteiger partial charge in [0.15, 0.2) is 0 Å². The first-order valence-electron chi connectivity index (χ1n) is 5.87. The average Bonchev–Trinajstić information content (AvgIpc) is 2.71. The second-order valence-electron chi connectivity index (χ2n) is 4.59. The number of hydrogen-bond donors (Lipinski definition) is 1. The Labute approximate surface area is 106 Å². The summed E-state index contributed by atoms with van der Waals surface area (Å²) in [4.78, 5) is 11.0. The number of rotatable bonds is 3. The maximum absolute atomic E-state index is 11.0. The highest BCUT2D eigenvalue weighted by Crippen LogP contribution is 2.28. The molecule has 1 heterocycles. The van der Waals surface area contributed by atoms with E-state index in [-0.39, 0.29) is 5.69 Å². The van der Waals surface area contributed by atoms with Crippen LogP contribution in [0.4, 0.5) is 0 Å². The van der Waals surface area contributed by atoms with Gasteiger partial charge in [0.1, 0.15) is 5.69 Å². The number of carboxylic acid groups (broad SMARTS) is 1. The summed E-state index contributed by atoms with van der Waals surface area (Å²) in [6.45, 7) is 4.22. The molecule has 0 aliphatic rings. The molecule has 18 heavy (non-hydrogen) atoms. The maximum atomic E-state index is 11.0. The highest BCUT2D eigenvalue weighted by molar-refractivity contribution is 5.87. The second kappa shape index (κ2) is 4.64. The zero-order chi connectivity index (χ0) is 13.3. The van der Waals surface area contributed by atoms with Gasteiger partial charge in [-0.3, -0.25) is 4.68 Å². The molecule has 2 rings (SSSR count). The molecule has 0 saturated carbocycles. The minimum absolute atomic E-state index is 0.198. The molecular weight excluding hydrogens is 228 g/mol. The third kappa shape index (κ3) is 2.14. The van der Waals surface area contributed by atoms with Crippen molar-refractivity contribution >= 4 is 5.97 Å². The first-order valence-corrected chi connectivity index (χ1v) is 5.87. The number of aromatic nitrogens is 2. The van der Waals surface area contributed by atoms with Crippen LogP contribution in [0.5, 0.6) is 0 Å². The zero-order valence-corrected chi connectivity index (χ0v) is 10.7. The largest absolute Gasteiger partial charge is 0.477 e. The molecule has 0 fully saturated rings. The van der Waals surface area contributed by atoms with Crippen molar-refractivity contribution in [3.05, 3.63) is 41.6 Å². The van der Waals surface area contributed by atoms with Crippen molar-refractivity contribution in [1.82, 2.24) is 9.78 Å². The van der Waals surface area contributed by atoms with Crippen LogP contribution in [-0.2, 0) is 7.05 Å². The van der Waals surface area contributed by atoms with Crippen LogP contribution >= 0.6 is 0 Å². The molecule has 0 bridgehead atoms. The summed E-state index contributed by atoms with van der Waals surface area (Å²) >= 11 is 0. The molecule has 0 amide bonds. The molecule has 0 aliphatic carbocycles. The number of hydrogen-bond acceptors (Lipinski definition) is 2. The molecule has 0 aliphatic heterocycles. The Morgan fingerprint density at radius 1 is 1.33 bits per heavy atom. The number of carbonyl (C=O) groups is 1. The van der Waals surface area contributed by atoms with E-state index in [2.05, 4.69) is 25.0 Å². The Kier molecular flexibility index (Phi) is 3.19. The maximum Gasteiger partial charge on any atom is 0.354 e. The third-order valence-corrected chi connectivity index (χ3v) is 2.96. The zero-order valence-electron chi connectivity index (χ0n) is 10.7. The molecule has 2 aromatic rings. The number of benzene rings is 1. The van der Waals surface area contributed by atoms with Gasteiger partial charge >= 0.3 is 5.97 Å². The van der Waals surface area contributed by atoms with E-state index in [0.717, 1.165) is 5.56 Å². The van der Waals surface area contributed by atoms with E-state index in [1.165, 1.54) is 10.2 Å². The SMILES string of the molecule is CC(C)c1ccccc1-c1cc(C(=O)O)n(C)n1. The highest BCUT2D eigenvalue weighted by Gasteiger charge is 2.15. The molecule has 4 heteroatoms. The lowest BCUT2D eigenvalue weighted by Crippen LogP contribution is -2.04. The van der Waals surface area contributed by atoms with E-state index in [1.54, 1.807) is 13.1 Å². The quantitative estimate of drug-likeness (QED) is 0.903. The van der Waals surface area contributed by atoms with E-state index in [9.17, 15) is 4.79 Å². The van der Waals surface area contributed by atoms with Gasteiger partial charge in [0.05, 0.1) is 5.69 Å². The lowest BCUT2D eigenvalue weighted by Gasteiger charge is -2.10. The Morgan fingerprint density at radius 2 is 2.00 bits per heavy atom. The lowest BCUT2D eigenvalue weighted by molar-refractivity contribution is 0.0685. The average molecular weight is 244 g/mol. The summed E-state index contributed by atoms with van der Waals surface area (Å²) < 4.78 is 1.40. The number of aromatic carboxylic acids is 1. The van der Waals surface area contributed by atoms with Crippen molar-refractivity contribution in [3.63, 3.8) is 0 Å². The molecule has 1 aromatic carbocycles. The van der Waals surface area contributed by atoms with Gasteiger partial charge in [-0.1, -0.05) is 38.1 Å². The van der Waals surface area contributed by atoms with Crippen molar-refractivity contribution in [2.45, 2.75) is 19.8 Å². The molecule has 94 valence electrons. The van der Waals surface area contributed by atoms with Crippen LogP contribution in [0.1, 0.15) is 35.8 Å². The van der Waals surface area contributed by atoms with Crippen LogP contribution in [0.15, 0.2) is 30.3 Å². The fourth-order valence-corrected chi connectivity index (χ4v) is 2.03. The van der Waals surface area contributed by atoms with Gasteiger partial charge in [-0.2, -0.15) is 5.10 Å². The van der Waals surface area contributed by atoms with Crippen LogP contribution in [0.2, 0.25) is 0 Å². The van der Waals surface area contributed by atoms with E-state index in [1.807, 2.05) is 18.2 Å². The topological polar surface area (TPSA) is 55.1 Å². The van der Waals surface area contributed by atoms with Gasteiger partial charge in [-0.15, -0.1) is 0 Å². The van der Waals surface area contributed by atoms with Crippen molar-refractivity contribution in [2.24, 2.45) is 7.05 Å². The highest BCUT2D eigenvalue weighted by atomic mass is 16.4. The normalized spacial score (nSPS) is 10.9. The lowest BCUT2D eigenvalue weighted by atomic mass is 9.95. The van der Waals surface area contributed by atoms with Crippen molar-refractivity contribution in [1.29, 1.82) is 0 Å². The minimum atomic E-state index is -0.960. The molecule has 0 saturated heterocycles. The van der Waals surface area contributed by atoms with E-state index >= 15 is 0 Å². The molecule has 1 aromatic heterocycles. The standard InChI is InChI=1S/C14H16N2O2/c1-9(2)10-6-4-5-7-11(10)12-8-13(14(17)18)16(3)15-12/h4-9H,1-3H3,(H,17,18). The predicted octanol–water partition coefficient (Wildman–Crippen LogP) is 2.91. The van der Waals surface area contributed by atoms with Crippen LogP contribution in [0.3, 0.4) is 0 Å². The minimum Gasteiger partial charge on any atom is -0.477 e. The summed E-state index contributed by atoms with van der Waals surface area (Å²) in [7, 11) is 1.64. The van der Waals surface area contributed by atoms with E-state index in [4.69, 9.17) is 5.11 Å². The molecule has 0 spiro atoms. The van der Waals surface area contributed by atoms with Gasteiger partial charge in [-0.05, 0) is 17.5 Å². The van der Waals surface area contributed by atoms with Gasteiger partial charge in [0.2, 0.25) is 0 Å². The van der Waals surface area contributed by atoms with Gasteiger partial charge in [0, 0.05) is 12.6 Å². The van der Waals surface area contributed by atoms with Crippen LogP contribution in [-0.4, -0.2) is 20.9 Å². The molecule has 0 atom stereocenters. The van der Waals surface area contributed by atoms with Crippen molar-refractivity contribution < 1.29 is 9.90 Å². The summed E-state index contributed by atoms with van der Waals surface area (Å²) in [6.07, 6.45) is 0. The van der Waals surface area contributed by atoms with Gasteiger partial charge in [0.25, 0.3) is 0 Å². The van der Waals surface area contributed by atoms with Crippen molar-refractivity contribution in [2.75, 3.05) is 0 Å². The fourth-order valence-electron chi connectivity index (χ4n) is 2.03. The molecule has 0 radical (unpaired) electrons. The van der Waals surface area contributed by atoms with Crippen molar-refractivity contribution in [3.8, 4) is 11.3 Å². The Bertz CT molecular complexity index is 585. The Hall–Kier alpha value is -2.10. The van der Waals surface area contributed by atoms with Gasteiger partial charge in [-0.25, -0.2) is 4.79 Å². The summed E-state index contributed by atoms with van der Waals surface area (Å²) in [5.74, 6) is -0.588. The Balaban J connectivity index is 2.56. The van der Waals surface area contributed by atoms with Crippen LogP contribution in [0.25, 0.3) is 11.3 Å². The fraction of sp³-hybridized carbons (Fsp3) is 0.286. The first-order chi connectivity index (χ1) is 8.50. The Morgan fingerprint density at radius 3 is 2.56 bits per heavy atom. The molecule has 1 N–H and O–H groups in total. The number of carboxylic acids is 1. The van der Waals surface area contributed by atoms with E-state index < -0.39 is 5.97 Å².